The lowest BCUT2D eigenvalue weighted by atomic mass is 9.69. The molecule has 1 fully saturated rings. The highest BCUT2D eigenvalue weighted by Crippen LogP contribution is 2.47. The van der Waals surface area contributed by atoms with Gasteiger partial charge in [0.05, 0.1) is 0 Å². The van der Waals surface area contributed by atoms with Crippen molar-refractivity contribution >= 4 is 6.29 Å². The summed E-state index contributed by atoms with van der Waals surface area (Å²) < 4.78 is 0. The molecule has 1 saturated heterocycles. The minimum atomic E-state index is 0.178. The number of aryl methyl sites for hydroxylation is 1. The van der Waals surface area contributed by atoms with Gasteiger partial charge in [-0.25, -0.2) is 0 Å². The number of piperidine rings is 1. The Morgan fingerprint density at radius 3 is 2.50 bits per heavy atom. The molecule has 0 spiro atoms. The Morgan fingerprint density at radius 2 is 1.81 bits per heavy atom. The molecule has 0 saturated carbocycles. The second-order valence-electron chi connectivity index (χ2n) is 9.00. The number of phenolic OH excluding ortho intramolecular Hbond substituents is 1. The lowest BCUT2D eigenvalue weighted by molar-refractivity contribution is -0.112. The maximum Gasteiger partial charge on any atom is 0.123 e. The zero-order valence-electron chi connectivity index (χ0n) is 18.9. The van der Waals surface area contributed by atoms with Gasteiger partial charge in [0.25, 0.3) is 0 Å². The molecule has 0 aromatic heterocycles. The van der Waals surface area contributed by atoms with Crippen molar-refractivity contribution in [2.24, 2.45) is 5.92 Å². The van der Waals surface area contributed by atoms with Crippen molar-refractivity contribution in [2.75, 3.05) is 13.1 Å². The molecule has 4 rings (SSSR count). The van der Waals surface area contributed by atoms with Crippen LogP contribution in [-0.4, -0.2) is 29.4 Å². The van der Waals surface area contributed by atoms with Gasteiger partial charge in [0.1, 0.15) is 12.0 Å². The van der Waals surface area contributed by atoms with Crippen molar-refractivity contribution < 1.29 is 9.90 Å². The van der Waals surface area contributed by atoms with Gasteiger partial charge in [0.2, 0.25) is 0 Å². The van der Waals surface area contributed by atoms with E-state index in [0.717, 1.165) is 50.6 Å². The summed E-state index contributed by atoms with van der Waals surface area (Å²) in [5.41, 5.74) is 6.11. The first-order valence-corrected chi connectivity index (χ1v) is 11.7. The molecule has 2 aromatic rings. The molecule has 3 heteroatoms. The van der Waals surface area contributed by atoms with Gasteiger partial charge in [0, 0.05) is 30.6 Å². The number of fused-ring (bicyclic) bond motifs is 1. The summed E-state index contributed by atoms with van der Waals surface area (Å²) in [7, 11) is 0. The van der Waals surface area contributed by atoms with E-state index in [1.165, 1.54) is 22.4 Å². The Morgan fingerprint density at radius 1 is 1.06 bits per heavy atom. The fraction of sp³-hybridized carbons (Fsp3) is 0.345. The number of allylic oxidation sites excluding steroid dienone is 4. The second-order valence-corrected chi connectivity index (χ2v) is 9.00. The van der Waals surface area contributed by atoms with Crippen molar-refractivity contribution in [3.05, 3.63) is 101 Å². The van der Waals surface area contributed by atoms with Crippen LogP contribution in [0.2, 0.25) is 0 Å². The Hall–Kier alpha value is -3.07. The predicted octanol–water partition coefficient (Wildman–Crippen LogP) is 6.13. The molecule has 2 atom stereocenters. The van der Waals surface area contributed by atoms with Gasteiger partial charge in [-0.05, 0) is 79.0 Å². The van der Waals surface area contributed by atoms with Crippen LogP contribution < -0.4 is 0 Å². The highest BCUT2D eigenvalue weighted by Gasteiger charge is 2.32. The number of likely N-dealkylation sites (tertiary alicyclic amines) is 1. The van der Waals surface area contributed by atoms with Crippen LogP contribution >= 0.6 is 0 Å². The number of aromatic hydroxyl groups is 1. The molecule has 1 heterocycles. The quantitative estimate of drug-likeness (QED) is 0.445. The van der Waals surface area contributed by atoms with E-state index in [-0.39, 0.29) is 11.8 Å². The number of aldehydes is 1. The van der Waals surface area contributed by atoms with Crippen LogP contribution in [0.3, 0.4) is 0 Å². The fourth-order valence-corrected chi connectivity index (χ4v) is 5.30. The Kier molecular flexibility index (Phi) is 6.94. The molecule has 3 nitrogen and oxygen atoms in total. The van der Waals surface area contributed by atoms with E-state index in [0.29, 0.717) is 11.7 Å². The van der Waals surface area contributed by atoms with E-state index in [1.54, 1.807) is 6.07 Å². The summed E-state index contributed by atoms with van der Waals surface area (Å²) in [6, 6.07) is 16.5. The van der Waals surface area contributed by atoms with E-state index in [9.17, 15) is 9.90 Å². The lowest BCUT2D eigenvalue weighted by Crippen LogP contribution is -2.33. The monoisotopic (exact) mass is 427 g/mol. The summed E-state index contributed by atoms with van der Waals surface area (Å²) in [6.07, 6.45) is 11.4. The number of carbonyl (C=O) groups is 1. The third-order valence-electron chi connectivity index (χ3n) is 7.08. The second kappa shape index (κ2) is 10.0. The number of hydrogen-bond donors (Lipinski definition) is 1. The maximum absolute atomic E-state index is 11.1. The van der Waals surface area contributed by atoms with Gasteiger partial charge in [-0.15, -0.1) is 0 Å². The number of rotatable bonds is 6. The maximum atomic E-state index is 11.1. The van der Waals surface area contributed by atoms with Gasteiger partial charge in [-0.1, -0.05) is 55.1 Å². The standard InChI is InChI=1S/C29H33NO2/c1-3-25(30-17-15-22(20-31)16-18-30)11-9-21(2)29-27(23-7-5-4-6-8-23)13-10-24-19-26(32)12-14-28(24)29/h3-9,11-12,14,19-20,22,27,29,32H,2,10,13,15-18H2,1H3/b11-9-,25-3+/t27-,29+/m1/s1. The first-order chi connectivity index (χ1) is 15.6. The molecule has 32 heavy (non-hydrogen) atoms. The Labute approximate surface area is 191 Å². The normalized spacial score (nSPS) is 22.0. The fourth-order valence-electron chi connectivity index (χ4n) is 5.30. The summed E-state index contributed by atoms with van der Waals surface area (Å²) >= 11 is 0. The summed E-state index contributed by atoms with van der Waals surface area (Å²) in [5, 5.41) is 10.0. The number of carbonyl (C=O) groups excluding carboxylic acids is 1. The molecule has 0 amide bonds. The van der Waals surface area contributed by atoms with E-state index in [1.807, 2.05) is 6.07 Å². The van der Waals surface area contributed by atoms with Crippen LogP contribution in [0.5, 0.6) is 5.75 Å². The molecule has 0 bridgehead atoms. The highest BCUT2D eigenvalue weighted by atomic mass is 16.3. The molecule has 2 aliphatic rings. The average molecular weight is 428 g/mol. The molecule has 166 valence electrons. The summed E-state index contributed by atoms with van der Waals surface area (Å²) in [5.74, 6) is 1.07. The summed E-state index contributed by atoms with van der Waals surface area (Å²) in [4.78, 5) is 13.5. The van der Waals surface area contributed by atoms with Crippen LogP contribution in [-0.2, 0) is 11.2 Å². The Balaban J connectivity index is 1.59. The smallest absolute Gasteiger partial charge is 0.123 e. The molecular formula is C29H33NO2. The molecule has 0 unspecified atom stereocenters. The van der Waals surface area contributed by atoms with Crippen LogP contribution in [0.15, 0.2) is 84.6 Å². The van der Waals surface area contributed by atoms with Gasteiger partial charge in [-0.2, -0.15) is 0 Å². The van der Waals surface area contributed by atoms with Gasteiger partial charge in [-0.3, -0.25) is 0 Å². The minimum Gasteiger partial charge on any atom is -0.508 e. The third kappa shape index (κ3) is 4.72. The van der Waals surface area contributed by atoms with E-state index in [4.69, 9.17) is 0 Å². The van der Waals surface area contributed by atoms with Crippen molar-refractivity contribution in [2.45, 2.75) is 44.4 Å². The Bertz CT molecular complexity index is 1010. The zero-order chi connectivity index (χ0) is 22.5. The van der Waals surface area contributed by atoms with Gasteiger partial charge < -0.3 is 14.8 Å². The van der Waals surface area contributed by atoms with Gasteiger partial charge in [0.15, 0.2) is 0 Å². The van der Waals surface area contributed by atoms with Gasteiger partial charge >= 0.3 is 0 Å². The molecule has 1 aliphatic heterocycles. The minimum absolute atomic E-state index is 0.178. The first-order valence-electron chi connectivity index (χ1n) is 11.7. The number of benzene rings is 2. The van der Waals surface area contributed by atoms with Crippen molar-refractivity contribution in [1.29, 1.82) is 0 Å². The SMILES string of the molecule is C=C(/C=C\C(=C/C)N1CCC(C=O)CC1)[C@@H]1c2ccc(O)cc2CC[C@@H]1c1ccccc1. The van der Waals surface area contributed by atoms with E-state index >= 15 is 0 Å². The van der Waals surface area contributed by atoms with Crippen LogP contribution in [0.4, 0.5) is 0 Å². The number of nitrogens with zero attached hydrogens (tertiary/aromatic N) is 1. The molecule has 1 aliphatic carbocycles. The largest absolute Gasteiger partial charge is 0.508 e. The average Bonchev–Trinajstić information content (AvgIpc) is 2.84. The van der Waals surface area contributed by atoms with Crippen molar-refractivity contribution in [3.63, 3.8) is 0 Å². The number of phenols is 1. The highest BCUT2D eigenvalue weighted by molar-refractivity contribution is 5.53. The first kappa shape index (κ1) is 22.1. The summed E-state index contributed by atoms with van der Waals surface area (Å²) in [6.45, 7) is 8.41. The molecule has 0 radical (unpaired) electrons. The topological polar surface area (TPSA) is 40.5 Å². The molecular weight excluding hydrogens is 394 g/mol. The van der Waals surface area contributed by atoms with Crippen LogP contribution in [0, 0.1) is 5.92 Å². The third-order valence-corrected chi connectivity index (χ3v) is 7.08. The lowest BCUT2D eigenvalue weighted by Gasteiger charge is -2.35. The van der Waals surface area contributed by atoms with Crippen molar-refractivity contribution in [1.82, 2.24) is 4.90 Å². The molecule has 1 N–H and O–H groups in total. The van der Waals surface area contributed by atoms with E-state index < -0.39 is 0 Å². The number of hydrogen-bond acceptors (Lipinski definition) is 3. The van der Waals surface area contributed by atoms with Crippen LogP contribution in [0.1, 0.15) is 54.7 Å². The van der Waals surface area contributed by atoms with Crippen LogP contribution in [0.25, 0.3) is 0 Å². The molecule has 2 aromatic carbocycles. The predicted molar refractivity (Wildman–Crippen MR) is 131 cm³/mol. The van der Waals surface area contributed by atoms with E-state index in [2.05, 4.69) is 73.0 Å². The zero-order valence-corrected chi connectivity index (χ0v) is 18.9. The van der Waals surface area contributed by atoms with Crippen molar-refractivity contribution in [3.8, 4) is 5.75 Å².